The van der Waals surface area contributed by atoms with E-state index < -0.39 is 0 Å². The first-order chi connectivity index (χ1) is 7.75. The Morgan fingerprint density at radius 3 is 3.00 bits per heavy atom. The molecule has 3 heterocycles. The molecule has 0 bridgehead atoms. The quantitative estimate of drug-likeness (QED) is 0.800. The summed E-state index contributed by atoms with van der Waals surface area (Å²) in [6.45, 7) is 0.975. The average Bonchev–Trinajstić information content (AvgIpc) is 2.84. The Kier molecular flexibility index (Phi) is 2.56. The van der Waals surface area contributed by atoms with Crippen molar-refractivity contribution in [2.75, 3.05) is 0 Å². The van der Waals surface area contributed by atoms with Crippen LogP contribution in [0.3, 0.4) is 0 Å². The van der Waals surface area contributed by atoms with Crippen LogP contribution in [-0.2, 0) is 13.0 Å². The highest BCUT2D eigenvalue weighted by molar-refractivity contribution is 9.10. The molecule has 0 saturated heterocycles. The molecule has 3 nitrogen and oxygen atoms in total. The standard InChI is InChI=1S/C11H10BrClN2O/c12-9-5-4-8(16-9)11-14-10(13)7-3-1-2-6-15(7)11/h4-5H,1-3,6H2. The zero-order chi connectivity index (χ0) is 11.1. The topological polar surface area (TPSA) is 31.0 Å². The van der Waals surface area contributed by atoms with Gasteiger partial charge < -0.3 is 8.98 Å². The third-order valence-corrected chi connectivity index (χ3v) is 3.59. The molecular weight excluding hydrogens is 291 g/mol. The lowest BCUT2D eigenvalue weighted by Gasteiger charge is -2.15. The SMILES string of the molecule is Clc1nc(-c2ccc(Br)o2)n2c1CCCC2. The van der Waals surface area contributed by atoms with Crippen LogP contribution in [0.25, 0.3) is 11.6 Å². The van der Waals surface area contributed by atoms with Gasteiger partial charge >= 0.3 is 0 Å². The number of aromatic nitrogens is 2. The van der Waals surface area contributed by atoms with E-state index in [1.165, 1.54) is 12.8 Å². The largest absolute Gasteiger partial charge is 0.446 e. The maximum Gasteiger partial charge on any atom is 0.177 e. The zero-order valence-corrected chi connectivity index (χ0v) is 10.9. The first-order valence-electron chi connectivity index (χ1n) is 5.26. The molecular formula is C11H10BrClN2O. The van der Waals surface area contributed by atoms with Gasteiger partial charge in [0.25, 0.3) is 0 Å². The van der Waals surface area contributed by atoms with E-state index in [1.807, 2.05) is 12.1 Å². The molecule has 3 rings (SSSR count). The fourth-order valence-electron chi connectivity index (χ4n) is 2.12. The van der Waals surface area contributed by atoms with E-state index in [4.69, 9.17) is 16.0 Å². The van der Waals surface area contributed by atoms with Crippen molar-refractivity contribution in [3.05, 3.63) is 27.6 Å². The Balaban J connectivity index is 2.14. The monoisotopic (exact) mass is 300 g/mol. The second kappa shape index (κ2) is 3.93. The first kappa shape index (κ1) is 10.4. The van der Waals surface area contributed by atoms with Gasteiger partial charge in [0.15, 0.2) is 21.4 Å². The minimum Gasteiger partial charge on any atom is -0.446 e. The average molecular weight is 302 g/mol. The van der Waals surface area contributed by atoms with Crippen LogP contribution in [-0.4, -0.2) is 9.55 Å². The number of halogens is 2. The molecule has 0 fully saturated rings. The summed E-state index contributed by atoms with van der Waals surface area (Å²) in [6.07, 6.45) is 3.37. The second-order valence-corrected chi connectivity index (χ2v) is 5.03. The number of rotatable bonds is 1. The fraction of sp³-hybridized carbons (Fsp3) is 0.364. The summed E-state index contributed by atoms with van der Waals surface area (Å²) in [4.78, 5) is 4.39. The van der Waals surface area contributed by atoms with Gasteiger partial charge in [0.05, 0.1) is 5.69 Å². The van der Waals surface area contributed by atoms with E-state index in [0.29, 0.717) is 9.82 Å². The molecule has 0 unspecified atom stereocenters. The molecule has 0 N–H and O–H groups in total. The molecule has 0 aliphatic carbocycles. The number of hydrogen-bond acceptors (Lipinski definition) is 2. The van der Waals surface area contributed by atoms with Gasteiger partial charge in [0.2, 0.25) is 0 Å². The molecule has 2 aromatic heterocycles. The maximum absolute atomic E-state index is 6.13. The lowest BCUT2D eigenvalue weighted by Crippen LogP contribution is -2.10. The van der Waals surface area contributed by atoms with Gasteiger partial charge in [-0.05, 0) is 47.3 Å². The summed E-state index contributed by atoms with van der Waals surface area (Å²) in [6, 6.07) is 3.78. The number of hydrogen-bond donors (Lipinski definition) is 0. The van der Waals surface area contributed by atoms with Crippen LogP contribution in [0.1, 0.15) is 18.5 Å². The normalized spacial score (nSPS) is 15.1. The smallest absolute Gasteiger partial charge is 0.177 e. The minimum absolute atomic E-state index is 0.613. The third-order valence-electron chi connectivity index (χ3n) is 2.86. The van der Waals surface area contributed by atoms with E-state index in [-0.39, 0.29) is 0 Å². The fourth-order valence-corrected chi connectivity index (χ4v) is 2.70. The highest BCUT2D eigenvalue weighted by atomic mass is 79.9. The molecule has 1 aliphatic rings. The Bertz CT molecular complexity index is 532. The lowest BCUT2D eigenvalue weighted by molar-refractivity contribution is 0.513. The van der Waals surface area contributed by atoms with Crippen molar-refractivity contribution in [3.63, 3.8) is 0 Å². The number of furan rings is 1. The third kappa shape index (κ3) is 1.60. The highest BCUT2D eigenvalue weighted by Crippen LogP contribution is 2.31. The van der Waals surface area contributed by atoms with Crippen molar-refractivity contribution in [2.24, 2.45) is 0 Å². The van der Waals surface area contributed by atoms with Crippen LogP contribution in [0.5, 0.6) is 0 Å². The first-order valence-corrected chi connectivity index (χ1v) is 6.43. The maximum atomic E-state index is 6.13. The van der Waals surface area contributed by atoms with Crippen LogP contribution >= 0.6 is 27.5 Å². The summed E-state index contributed by atoms with van der Waals surface area (Å²) in [5.74, 6) is 1.60. The summed E-state index contributed by atoms with van der Waals surface area (Å²) >= 11 is 9.43. The van der Waals surface area contributed by atoms with Gasteiger partial charge in [-0.2, -0.15) is 0 Å². The Morgan fingerprint density at radius 2 is 2.25 bits per heavy atom. The molecule has 5 heteroatoms. The van der Waals surface area contributed by atoms with Gasteiger partial charge in [-0.1, -0.05) is 11.6 Å². The predicted octanol–water partition coefficient (Wildman–Crippen LogP) is 3.90. The van der Waals surface area contributed by atoms with Crippen molar-refractivity contribution < 1.29 is 4.42 Å². The Labute approximate surface area is 107 Å². The van der Waals surface area contributed by atoms with E-state index in [0.717, 1.165) is 30.2 Å². The molecule has 16 heavy (non-hydrogen) atoms. The molecule has 0 spiro atoms. The molecule has 0 atom stereocenters. The van der Waals surface area contributed by atoms with Crippen molar-refractivity contribution in [2.45, 2.75) is 25.8 Å². The molecule has 2 aromatic rings. The van der Waals surface area contributed by atoms with Crippen molar-refractivity contribution >= 4 is 27.5 Å². The summed E-state index contributed by atoms with van der Waals surface area (Å²) in [5.41, 5.74) is 1.13. The second-order valence-electron chi connectivity index (χ2n) is 3.89. The van der Waals surface area contributed by atoms with Gasteiger partial charge in [-0.25, -0.2) is 4.98 Å². The lowest BCUT2D eigenvalue weighted by atomic mass is 10.1. The minimum atomic E-state index is 0.613. The highest BCUT2D eigenvalue weighted by Gasteiger charge is 2.21. The van der Waals surface area contributed by atoms with Gasteiger partial charge in [0.1, 0.15) is 0 Å². The van der Waals surface area contributed by atoms with Crippen LogP contribution in [0, 0.1) is 0 Å². The molecule has 84 valence electrons. The van der Waals surface area contributed by atoms with Crippen LogP contribution in [0.2, 0.25) is 5.15 Å². The van der Waals surface area contributed by atoms with E-state index >= 15 is 0 Å². The number of nitrogens with zero attached hydrogens (tertiary/aromatic N) is 2. The molecule has 0 radical (unpaired) electrons. The van der Waals surface area contributed by atoms with Gasteiger partial charge in [-0.3, -0.25) is 0 Å². The summed E-state index contributed by atoms with van der Waals surface area (Å²) in [5, 5.41) is 0.613. The Morgan fingerprint density at radius 1 is 1.38 bits per heavy atom. The van der Waals surface area contributed by atoms with Crippen molar-refractivity contribution in [1.82, 2.24) is 9.55 Å². The van der Waals surface area contributed by atoms with Gasteiger partial charge in [0, 0.05) is 6.54 Å². The number of imidazole rings is 1. The predicted molar refractivity (Wildman–Crippen MR) is 65.6 cm³/mol. The molecule has 0 aromatic carbocycles. The van der Waals surface area contributed by atoms with Gasteiger partial charge in [-0.15, -0.1) is 0 Å². The van der Waals surface area contributed by atoms with Crippen LogP contribution in [0.4, 0.5) is 0 Å². The van der Waals surface area contributed by atoms with Crippen molar-refractivity contribution in [1.29, 1.82) is 0 Å². The zero-order valence-electron chi connectivity index (χ0n) is 8.54. The summed E-state index contributed by atoms with van der Waals surface area (Å²) in [7, 11) is 0. The Hall–Kier alpha value is -0.740. The van der Waals surface area contributed by atoms with E-state index in [1.54, 1.807) is 0 Å². The van der Waals surface area contributed by atoms with Crippen molar-refractivity contribution in [3.8, 4) is 11.6 Å². The molecule has 1 aliphatic heterocycles. The van der Waals surface area contributed by atoms with Crippen LogP contribution < -0.4 is 0 Å². The van der Waals surface area contributed by atoms with E-state index in [2.05, 4.69) is 25.5 Å². The van der Waals surface area contributed by atoms with E-state index in [9.17, 15) is 0 Å². The molecule has 0 amide bonds. The summed E-state index contributed by atoms with van der Waals surface area (Å²) < 4.78 is 8.40. The van der Waals surface area contributed by atoms with Crippen LogP contribution in [0.15, 0.2) is 21.2 Å². The molecule has 0 saturated carbocycles. The number of fused-ring (bicyclic) bond motifs is 1.